The van der Waals surface area contributed by atoms with Gasteiger partial charge >= 0.3 is 0 Å². The van der Waals surface area contributed by atoms with Gasteiger partial charge in [-0.1, -0.05) is 32.5 Å². The predicted octanol–water partition coefficient (Wildman–Crippen LogP) is 1.67. The van der Waals surface area contributed by atoms with Crippen molar-refractivity contribution in [3.8, 4) is 0 Å². The third-order valence-electron chi connectivity index (χ3n) is 1.65. The molecule has 2 atom stereocenters. The lowest BCUT2D eigenvalue weighted by Crippen LogP contribution is -2.22. The van der Waals surface area contributed by atoms with Crippen molar-refractivity contribution in [2.75, 3.05) is 5.75 Å². The minimum Gasteiger partial charge on any atom is -0.392 e. The molecule has 0 aromatic heterocycles. The van der Waals surface area contributed by atoms with Crippen LogP contribution in [0.4, 0.5) is 0 Å². The number of rotatable bonds is 4. The largest absolute Gasteiger partial charge is 0.392 e. The molecule has 0 aliphatic rings. The van der Waals surface area contributed by atoms with Crippen LogP contribution < -0.4 is 0 Å². The number of hydrogen-bond donors (Lipinski definition) is 1. The smallest absolute Gasteiger partial charge is 0.194 e. The van der Waals surface area contributed by atoms with Gasteiger partial charge in [0, 0.05) is 0 Å². The molecular formula is C8H16O2S. The molecule has 0 unspecified atom stereocenters. The van der Waals surface area contributed by atoms with Gasteiger partial charge in [-0.05, 0) is 12.2 Å². The third-order valence-corrected chi connectivity index (χ3v) is 2.60. The Hall–Kier alpha value is -0.0200. The van der Waals surface area contributed by atoms with Gasteiger partial charge in [0.05, 0.1) is 12.0 Å². The second-order valence-corrected chi connectivity index (χ2v) is 3.78. The number of hydrogen-bond acceptors (Lipinski definition) is 3. The van der Waals surface area contributed by atoms with E-state index in [0.29, 0.717) is 6.42 Å². The SMILES string of the molecule is CCSC(=O)[C@H](C)[C@H](O)CC. The van der Waals surface area contributed by atoms with Crippen LogP contribution in [0.5, 0.6) is 0 Å². The quantitative estimate of drug-likeness (QED) is 0.708. The molecule has 0 fully saturated rings. The van der Waals surface area contributed by atoms with E-state index in [2.05, 4.69) is 0 Å². The van der Waals surface area contributed by atoms with Crippen LogP contribution in [0.25, 0.3) is 0 Å². The van der Waals surface area contributed by atoms with E-state index in [1.807, 2.05) is 13.8 Å². The zero-order valence-electron chi connectivity index (χ0n) is 7.33. The van der Waals surface area contributed by atoms with Crippen molar-refractivity contribution in [2.45, 2.75) is 33.3 Å². The molecule has 3 heteroatoms. The second-order valence-electron chi connectivity index (χ2n) is 2.52. The summed E-state index contributed by atoms with van der Waals surface area (Å²) < 4.78 is 0. The Kier molecular flexibility index (Phi) is 5.60. The zero-order chi connectivity index (χ0) is 8.85. The van der Waals surface area contributed by atoms with Crippen LogP contribution in [-0.2, 0) is 4.79 Å². The van der Waals surface area contributed by atoms with Gasteiger partial charge in [-0.25, -0.2) is 0 Å². The summed E-state index contributed by atoms with van der Waals surface area (Å²) >= 11 is 1.28. The summed E-state index contributed by atoms with van der Waals surface area (Å²) in [5.41, 5.74) is 0. The van der Waals surface area contributed by atoms with E-state index in [1.54, 1.807) is 6.92 Å². The fourth-order valence-electron chi connectivity index (χ4n) is 0.784. The number of thioether (sulfide) groups is 1. The number of carbonyl (C=O) groups is 1. The van der Waals surface area contributed by atoms with E-state index in [0.717, 1.165) is 5.75 Å². The molecule has 0 aliphatic carbocycles. The highest BCUT2D eigenvalue weighted by Crippen LogP contribution is 2.15. The molecule has 11 heavy (non-hydrogen) atoms. The summed E-state index contributed by atoms with van der Waals surface area (Å²) in [6.07, 6.45) is 0.179. The molecule has 0 saturated heterocycles. The van der Waals surface area contributed by atoms with Gasteiger partial charge in [0.1, 0.15) is 0 Å². The fraction of sp³-hybridized carbons (Fsp3) is 0.875. The maximum absolute atomic E-state index is 11.1. The van der Waals surface area contributed by atoms with Gasteiger partial charge in [0.15, 0.2) is 5.12 Å². The normalized spacial score (nSPS) is 16.0. The van der Waals surface area contributed by atoms with Crippen molar-refractivity contribution in [1.29, 1.82) is 0 Å². The first kappa shape index (κ1) is 11.0. The molecule has 0 spiro atoms. The maximum Gasteiger partial charge on any atom is 0.194 e. The summed E-state index contributed by atoms with van der Waals surface area (Å²) in [6, 6.07) is 0. The molecule has 1 N–H and O–H groups in total. The van der Waals surface area contributed by atoms with Crippen LogP contribution in [-0.4, -0.2) is 22.1 Å². The first-order valence-electron chi connectivity index (χ1n) is 3.98. The molecule has 0 aliphatic heterocycles. The standard InChI is InChI=1S/C8H16O2S/c1-4-7(9)6(3)8(10)11-5-2/h6-7,9H,4-5H2,1-3H3/t6-,7-/m1/s1. The molecule has 0 rings (SSSR count). The molecule has 2 nitrogen and oxygen atoms in total. The number of aliphatic hydroxyl groups is 1. The first-order chi connectivity index (χ1) is 5.13. The second kappa shape index (κ2) is 5.61. The van der Waals surface area contributed by atoms with Crippen LogP contribution in [0, 0.1) is 5.92 Å². The first-order valence-corrected chi connectivity index (χ1v) is 4.96. The Bertz CT molecular complexity index is 125. The molecule has 0 amide bonds. The summed E-state index contributed by atoms with van der Waals surface area (Å²) in [5, 5.41) is 9.39. The van der Waals surface area contributed by atoms with E-state index in [-0.39, 0.29) is 11.0 Å². The molecular weight excluding hydrogens is 160 g/mol. The maximum atomic E-state index is 11.1. The van der Waals surface area contributed by atoms with Crippen LogP contribution in [0.3, 0.4) is 0 Å². The fourth-order valence-corrected chi connectivity index (χ4v) is 1.49. The Morgan fingerprint density at radius 1 is 1.55 bits per heavy atom. The van der Waals surface area contributed by atoms with Crippen molar-refractivity contribution in [1.82, 2.24) is 0 Å². The van der Waals surface area contributed by atoms with Gasteiger partial charge in [-0.15, -0.1) is 0 Å². The summed E-state index contributed by atoms with van der Waals surface area (Å²) in [5.74, 6) is 0.574. The Morgan fingerprint density at radius 3 is 2.45 bits per heavy atom. The van der Waals surface area contributed by atoms with Crippen molar-refractivity contribution < 1.29 is 9.90 Å². The van der Waals surface area contributed by atoms with Gasteiger partial charge in [-0.3, -0.25) is 4.79 Å². The number of carbonyl (C=O) groups excluding carboxylic acids is 1. The topological polar surface area (TPSA) is 37.3 Å². The lowest BCUT2D eigenvalue weighted by Gasteiger charge is -2.14. The van der Waals surface area contributed by atoms with Gasteiger partial charge < -0.3 is 5.11 Å². The molecule has 0 heterocycles. The van der Waals surface area contributed by atoms with E-state index in [4.69, 9.17) is 0 Å². The van der Waals surface area contributed by atoms with Gasteiger partial charge in [0.2, 0.25) is 0 Å². The van der Waals surface area contributed by atoms with Crippen molar-refractivity contribution >= 4 is 16.9 Å². The van der Waals surface area contributed by atoms with E-state index in [9.17, 15) is 9.90 Å². The van der Waals surface area contributed by atoms with Crippen molar-refractivity contribution in [3.63, 3.8) is 0 Å². The molecule has 0 bridgehead atoms. The monoisotopic (exact) mass is 176 g/mol. The Morgan fingerprint density at radius 2 is 2.09 bits per heavy atom. The molecule has 0 aromatic carbocycles. The van der Waals surface area contributed by atoms with Crippen LogP contribution in [0.1, 0.15) is 27.2 Å². The van der Waals surface area contributed by atoms with Crippen molar-refractivity contribution in [2.24, 2.45) is 5.92 Å². The zero-order valence-corrected chi connectivity index (χ0v) is 8.15. The minimum atomic E-state index is -0.471. The van der Waals surface area contributed by atoms with Gasteiger partial charge in [0.25, 0.3) is 0 Å². The van der Waals surface area contributed by atoms with E-state index >= 15 is 0 Å². The lowest BCUT2D eigenvalue weighted by atomic mass is 10.1. The van der Waals surface area contributed by atoms with Gasteiger partial charge in [-0.2, -0.15) is 0 Å². The molecule has 0 aromatic rings. The van der Waals surface area contributed by atoms with Crippen LogP contribution >= 0.6 is 11.8 Å². The lowest BCUT2D eigenvalue weighted by molar-refractivity contribution is -0.116. The summed E-state index contributed by atoms with van der Waals surface area (Å²) in [4.78, 5) is 11.1. The highest BCUT2D eigenvalue weighted by atomic mass is 32.2. The highest BCUT2D eigenvalue weighted by Gasteiger charge is 2.19. The average molecular weight is 176 g/mol. The summed E-state index contributed by atoms with van der Waals surface area (Å²) in [6.45, 7) is 5.60. The van der Waals surface area contributed by atoms with E-state index in [1.165, 1.54) is 11.8 Å². The summed E-state index contributed by atoms with van der Waals surface area (Å²) in [7, 11) is 0. The third kappa shape index (κ3) is 3.77. The number of aliphatic hydroxyl groups excluding tert-OH is 1. The Labute approximate surface area is 72.4 Å². The minimum absolute atomic E-state index is 0.0989. The molecule has 0 radical (unpaired) electrons. The predicted molar refractivity (Wildman–Crippen MR) is 48.6 cm³/mol. The highest BCUT2D eigenvalue weighted by molar-refractivity contribution is 8.13. The Balaban J connectivity index is 3.80. The average Bonchev–Trinajstić information content (AvgIpc) is 2.02. The van der Waals surface area contributed by atoms with Crippen LogP contribution in [0.15, 0.2) is 0 Å². The van der Waals surface area contributed by atoms with Crippen molar-refractivity contribution in [3.05, 3.63) is 0 Å². The van der Waals surface area contributed by atoms with E-state index < -0.39 is 6.10 Å². The molecule has 0 saturated carbocycles. The van der Waals surface area contributed by atoms with Crippen LogP contribution in [0.2, 0.25) is 0 Å². The molecule has 66 valence electrons.